The number of hydrogen-bond acceptors (Lipinski definition) is 6. The lowest BCUT2D eigenvalue weighted by Crippen LogP contribution is -3.02. The minimum Gasteiger partial charge on any atom is -0.444 e. The van der Waals surface area contributed by atoms with Crippen molar-refractivity contribution in [1.29, 1.82) is 0 Å². The van der Waals surface area contributed by atoms with Gasteiger partial charge >= 0.3 is 12.2 Å². The third-order valence-electron chi connectivity index (χ3n) is 10.9. The van der Waals surface area contributed by atoms with Gasteiger partial charge in [-0.2, -0.15) is 0 Å². The predicted octanol–water partition coefficient (Wildman–Crippen LogP) is 4.76. The number of hydrogen-bond donors (Lipinski definition) is 2. The molecule has 8 bridgehead atoms. The number of piperidine rings is 4. The van der Waals surface area contributed by atoms with Gasteiger partial charge in [0.05, 0.1) is 37.4 Å². The Kier molecular flexibility index (Phi) is 5.76. The maximum absolute atomic E-state index is 14.1. The van der Waals surface area contributed by atoms with Crippen molar-refractivity contribution in [3.8, 4) is 0 Å². The number of aliphatic hydroxyl groups excluding tert-OH is 2. The van der Waals surface area contributed by atoms with Crippen LogP contribution < -0.4 is 0 Å². The summed E-state index contributed by atoms with van der Waals surface area (Å²) in [5.41, 5.74) is -0.855. The zero-order chi connectivity index (χ0) is 30.0. The van der Waals surface area contributed by atoms with E-state index in [1.165, 1.54) is 0 Å². The van der Waals surface area contributed by atoms with E-state index >= 15 is 0 Å². The molecule has 6 fully saturated rings. The van der Waals surface area contributed by atoms with Crippen molar-refractivity contribution in [2.45, 2.75) is 88.7 Å². The number of carbonyl (C=O) groups excluding carboxylic acids is 2. The molecular weight excluding hydrogens is 532 g/mol. The predicted molar refractivity (Wildman–Crippen MR) is 156 cm³/mol. The Bertz CT molecular complexity index is 1270. The summed E-state index contributed by atoms with van der Waals surface area (Å²) in [4.78, 5) is 32.0. The first-order valence-corrected chi connectivity index (χ1v) is 15.2. The quantitative estimate of drug-likeness (QED) is 0.546. The van der Waals surface area contributed by atoms with E-state index in [-0.39, 0.29) is 61.1 Å². The van der Waals surface area contributed by atoms with Gasteiger partial charge in [0.2, 0.25) is 0 Å². The van der Waals surface area contributed by atoms with Gasteiger partial charge in [0.25, 0.3) is 0 Å². The molecule has 4 aliphatic heterocycles. The number of amides is 2. The van der Waals surface area contributed by atoms with Crippen LogP contribution in [0.1, 0.15) is 64.5 Å². The van der Waals surface area contributed by atoms with E-state index in [9.17, 15) is 19.8 Å². The summed E-state index contributed by atoms with van der Waals surface area (Å²) in [5, 5.41) is 23.0. The van der Waals surface area contributed by atoms with Crippen molar-refractivity contribution in [2.24, 2.45) is 22.7 Å². The Hall–Kier alpha value is -3.10. The first-order chi connectivity index (χ1) is 19.8. The number of benzene rings is 2. The zero-order valence-electron chi connectivity index (χ0n) is 25.2. The number of rotatable bonds is 4. The molecule has 224 valence electrons. The average Bonchev–Trinajstić information content (AvgIpc) is 2.89. The number of carbonyl (C=O) groups is 2. The third-order valence-corrected chi connectivity index (χ3v) is 10.9. The molecule has 6 aliphatic rings. The Morgan fingerprint density at radius 3 is 1.21 bits per heavy atom. The summed E-state index contributed by atoms with van der Waals surface area (Å²) in [6.45, 7) is 10.8. The summed E-state index contributed by atoms with van der Waals surface area (Å²) in [6.07, 6.45) is -0.826. The van der Waals surface area contributed by atoms with E-state index in [0.717, 1.165) is 11.1 Å². The van der Waals surface area contributed by atoms with Gasteiger partial charge in [0.1, 0.15) is 11.2 Å². The van der Waals surface area contributed by atoms with Gasteiger partial charge in [-0.15, -0.1) is 0 Å². The molecule has 2 aromatic rings. The van der Waals surface area contributed by atoms with E-state index in [4.69, 9.17) is 9.47 Å². The van der Waals surface area contributed by atoms with Gasteiger partial charge in [-0.05, 0) is 52.7 Å². The molecule has 8 nitrogen and oxygen atoms in total. The van der Waals surface area contributed by atoms with Crippen LogP contribution in [0.3, 0.4) is 0 Å². The lowest BCUT2D eigenvalue weighted by Gasteiger charge is -2.91. The fraction of sp³-hybridized carbons (Fsp3) is 0.588. The lowest BCUT2D eigenvalue weighted by molar-refractivity contribution is -0.408. The van der Waals surface area contributed by atoms with Gasteiger partial charge < -0.3 is 19.7 Å². The molecule has 8 rings (SSSR count). The van der Waals surface area contributed by atoms with Crippen LogP contribution in [0, 0.1) is 22.7 Å². The van der Waals surface area contributed by atoms with Gasteiger partial charge in [-0.25, -0.2) is 9.59 Å². The van der Waals surface area contributed by atoms with Crippen molar-refractivity contribution in [3.05, 3.63) is 71.8 Å². The molecule has 2 N–H and O–H groups in total. The fourth-order valence-electron chi connectivity index (χ4n) is 10.2. The number of ether oxygens (including phenoxy) is 2. The Labute approximate surface area is 247 Å². The average molecular weight is 575 g/mol. The van der Waals surface area contributed by atoms with Crippen molar-refractivity contribution < 1.29 is 29.3 Å². The molecule has 8 heteroatoms. The molecule has 0 radical (unpaired) electrons. The normalized spacial score (nSPS) is 39.0. The van der Waals surface area contributed by atoms with Gasteiger partial charge in [0.15, 0.2) is 0 Å². The van der Waals surface area contributed by atoms with Crippen molar-refractivity contribution in [1.82, 2.24) is 9.80 Å². The highest BCUT2D eigenvalue weighted by atomic mass is 16.6. The molecule has 42 heavy (non-hydrogen) atoms. The maximum Gasteiger partial charge on any atom is 0.410 e. The first-order valence-electron chi connectivity index (χ1n) is 15.2. The van der Waals surface area contributed by atoms with Crippen LogP contribution >= 0.6 is 0 Å². The molecule has 2 amide bonds. The Morgan fingerprint density at radius 2 is 0.952 bits per heavy atom. The Morgan fingerprint density at radius 1 is 0.643 bits per heavy atom. The van der Waals surface area contributed by atoms with Crippen LogP contribution in [0.15, 0.2) is 60.7 Å². The van der Waals surface area contributed by atoms with Gasteiger partial charge in [-0.3, -0.25) is 9.80 Å². The third kappa shape index (κ3) is 3.25. The topological polar surface area (TPSA) is 99.5 Å². The largest absolute Gasteiger partial charge is 0.444 e. The van der Waals surface area contributed by atoms with Crippen LogP contribution in [0.2, 0.25) is 0 Å². The van der Waals surface area contributed by atoms with E-state index in [1.807, 2.05) is 87.7 Å². The van der Waals surface area contributed by atoms with E-state index in [2.05, 4.69) is 24.3 Å². The van der Waals surface area contributed by atoms with Crippen molar-refractivity contribution in [2.75, 3.05) is 13.2 Å². The monoisotopic (exact) mass is 574 g/mol. The van der Waals surface area contributed by atoms with Crippen LogP contribution in [0.5, 0.6) is 0 Å². The summed E-state index contributed by atoms with van der Waals surface area (Å²) in [7, 11) is 0. The lowest BCUT2D eigenvalue weighted by atomic mass is 9.23. The number of nitrogens with zero attached hydrogens (tertiary/aromatic N) is 2. The molecule has 0 aromatic heterocycles. The van der Waals surface area contributed by atoms with Crippen LogP contribution in [0.25, 0.3) is 0 Å². The van der Waals surface area contributed by atoms with E-state index in [0.29, 0.717) is 0 Å². The molecule has 2 aromatic carbocycles. The SMILES string of the molecule is CC(C)(C)OC(=O)N1C2C3C4N(C(=O)OC(C)(C)C)C5C(C1C5(CO)[C@H]3c1ccccc1)[C@H](c1ccccc1)C24CO. The standard InChI is InChI=1S/C34H42N2O6/c1-31(2,3)41-29(39)35-25-21-23(19-13-9-7-10-14-19)33(17-37)26(35)22-24(20-15-11-8-12-16-20)34(25,18-38)27(21)36(28(22)33)30(40)42-32(4,5)6/h7-16,21-28,37-38H,17-18H2,1-6H3/t21?,22?,23-,24-,25?,26?,27?,28?,33?,34?/m0/s1. The van der Waals surface area contributed by atoms with Crippen LogP contribution in [0.4, 0.5) is 9.59 Å². The Balaban J connectivity index is 1.47. The van der Waals surface area contributed by atoms with E-state index in [1.54, 1.807) is 0 Å². The maximum atomic E-state index is 14.1. The minimum atomic E-state index is -0.813. The molecule has 4 heterocycles. The molecule has 2 aliphatic carbocycles. The molecule has 4 unspecified atom stereocenters. The van der Waals surface area contributed by atoms with Gasteiger partial charge in [0, 0.05) is 34.5 Å². The summed E-state index contributed by atoms with van der Waals surface area (Å²) in [6, 6.07) is 18.8. The van der Waals surface area contributed by atoms with Crippen LogP contribution in [-0.2, 0) is 9.47 Å². The first kappa shape index (κ1) is 27.7. The second-order valence-corrected chi connectivity index (χ2v) is 15.0. The fourth-order valence-corrected chi connectivity index (χ4v) is 10.2. The summed E-state index contributed by atoms with van der Waals surface area (Å²) < 4.78 is 12.0. The summed E-state index contributed by atoms with van der Waals surface area (Å²) >= 11 is 0. The van der Waals surface area contributed by atoms with Crippen molar-refractivity contribution in [3.63, 3.8) is 0 Å². The summed E-state index contributed by atoms with van der Waals surface area (Å²) in [5.74, 6) is -0.629. The molecule has 2 saturated carbocycles. The van der Waals surface area contributed by atoms with E-state index < -0.39 is 34.2 Å². The highest BCUT2D eigenvalue weighted by Gasteiger charge is 2.93. The number of aliphatic hydroxyl groups is 2. The smallest absolute Gasteiger partial charge is 0.410 e. The van der Waals surface area contributed by atoms with Crippen molar-refractivity contribution >= 4 is 12.2 Å². The highest BCUT2D eigenvalue weighted by Crippen LogP contribution is 2.84. The molecule has 0 spiro atoms. The highest BCUT2D eigenvalue weighted by molar-refractivity contribution is 5.77. The zero-order valence-corrected chi connectivity index (χ0v) is 25.2. The molecular formula is C34H42N2O6. The minimum absolute atomic E-state index is 0.0984. The van der Waals surface area contributed by atoms with Crippen LogP contribution in [-0.4, -0.2) is 80.8 Å². The molecule has 6 atom stereocenters. The second kappa shape index (κ2) is 8.73. The molecule has 4 saturated heterocycles. The second-order valence-electron chi connectivity index (χ2n) is 15.0. The van der Waals surface area contributed by atoms with Gasteiger partial charge in [-0.1, -0.05) is 60.7 Å².